The van der Waals surface area contributed by atoms with E-state index in [2.05, 4.69) is 5.16 Å². The third-order valence-electron chi connectivity index (χ3n) is 4.01. The average Bonchev–Trinajstić information content (AvgIpc) is 2.57. The first-order valence-electron chi connectivity index (χ1n) is 8.08. The van der Waals surface area contributed by atoms with Crippen molar-refractivity contribution in [1.82, 2.24) is 4.90 Å². The summed E-state index contributed by atoms with van der Waals surface area (Å²) in [6.07, 6.45) is 1.66. The predicted molar refractivity (Wildman–Crippen MR) is 95.0 cm³/mol. The molecule has 1 heterocycles. The molecule has 0 radical (unpaired) electrons. The molecule has 25 heavy (non-hydrogen) atoms. The van der Waals surface area contributed by atoms with Gasteiger partial charge in [-0.2, -0.15) is 0 Å². The SMILES string of the molecule is CCOC(=O)C(C)(N)CCCCN1C(=O)C(C)(C)C(=O)ON=C1C.Cl. The molecule has 2 N–H and O–H groups in total. The van der Waals surface area contributed by atoms with Crippen LogP contribution in [0.1, 0.15) is 53.9 Å². The third-order valence-corrected chi connectivity index (χ3v) is 4.01. The number of ether oxygens (including phenoxy) is 1. The van der Waals surface area contributed by atoms with Crippen LogP contribution in [0.2, 0.25) is 0 Å². The van der Waals surface area contributed by atoms with E-state index in [1.807, 2.05) is 0 Å². The molecule has 1 amide bonds. The lowest BCUT2D eigenvalue weighted by molar-refractivity contribution is -0.159. The summed E-state index contributed by atoms with van der Waals surface area (Å²) in [5.41, 5.74) is 3.62. The molecule has 0 aromatic carbocycles. The van der Waals surface area contributed by atoms with Gasteiger partial charge in [-0.3, -0.25) is 14.5 Å². The van der Waals surface area contributed by atoms with Crippen molar-refractivity contribution in [3.63, 3.8) is 0 Å². The summed E-state index contributed by atoms with van der Waals surface area (Å²) in [5.74, 6) is -1.13. The van der Waals surface area contributed by atoms with E-state index in [0.717, 1.165) is 0 Å². The van der Waals surface area contributed by atoms with Crippen molar-refractivity contribution in [2.45, 2.75) is 59.4 Å². The monoisotopic (exact) mass is 377 g/mol. The number of nitrogens with two attached hydrogens (primary N) is 1. The van der Waals surface area contributed by atoms with Gasteiger partial charge in [0, 0.05) is 6.54 Å². The van der Waals surface area contributed by atoms with E-state index >= 15 is 0 Å². The molecule has 1 rings (SSSR count). The lowest BCUT2D eigenvalue weighted by atomic mass is 9.91. The number of rotatable bonds is 7. The molecule has 0 spiro atoms. The van der Waals surface area contributed by atoms with Crippen LogP contribution in [0.3, 0.4) is 0 Å². The van der Waals surface area contributed by atoms with Gasteiger partial charge in [0.1, 0.15) is 16.8 Å². The zero-order valence-electron chi connectivity index (χ0n) is 15.5. The Labute approximate surface area is 154 Å². The van der Waals surface area contributed by atoms with Crippen LogP contribution in [0.25, 0.3) is 0 Å². The van der Waals surface area contributed by atoms with Gasteiger partial charge in [0.05, 0.1) is 6.61 Å². The highest BCUT2D eigenvalue weighted by Crippen LogP contribution is 2.25. The van der Waals surface area contributed by atoms with Crippen LogP contribution in [0, 0.1) is 5.41 Å². The first-order valence-corrected chi connectivity index (χ1v) is 8.08. The number of unbranched alkanes of at least 4 members (excludes halogenated alkanes) is 1. The molecule has 0 aromatic rings. The first kappa shape index (κ1) is 23.3. The highest BCUT2D eigenvalue weighted by Gasteiger charge is 2.44. The van der Waals surface area contributed by atoms with Crippen molar-refractivity contribution in [3.05, 3.63) is 0 Å². The molecule has 144 valence electrons. The first-order chi connectivity index (χ1) is 11.0. The van der Waals surface area contributed by atoms with Crippen molar-refractivity contribution >= 4 is 36.1 Å². The van der Waals surface area contributed by atoms with E-state index in [0.29, 0.717) is 31.6 Å². The smallest absolute Gasteiger partial charge is 0.349 e. The van der Waals surface area contributed by atoms with Crippen molar-refractivity contribution in [2.75, 3.05) is 13.2 Å². The maximum atomic E-state index is 12.5. The van der Waals surface area contributed by atoms with E-state index in [4.69, 9.17) is 15.3 Å². The van der Waals surface area contributed by atoms with Crippen LogP contribution < -0.4 is 5.73 Å². The number of amides is 1. The Morgan fingerprint density at radius 2 is 1.96 bits per heavy atom. The number of hydrogen-bond donors (Lipinski definition) is 1. The maximum Gasteiger partial charge on any atom is 0.349 e. The lowest BCUT2D eigenvalue weighted by Gasteiger charge is -2.27. The lowest BCUT2D eigenvalue weighted by Crippen LogP contribution is -2.47. The van der Waals surface area contributed by atoms with E-state index in [9.17, 15) is 14.4 Å². The maximum absolute atomic E-state index is 12.5. The molecule has 1 unspecified atom stereocenters. The Hall–Kier alpha value is -1.67. The molecular formula is C16H28ClN3O5. The number of esters is 1. The molecule has 0 saturated heterocycles. The van der Waals surface area contributed by atoms with Crippen molar-refractivity contribution in [1.29, 1.82) is 0 Å². The summed E-state index contributed by atoms with van der Waals surface area (Å²) in [7, 11) is 0. The minimum atomic E-state index is -1.28. The van der Waals surface area contributed by atoms with Gasteiger partial charge in [0.2, 0.25) is 5.91 Å². The number of oxime groups is 1. The minimum Gasteiger partial charge on any atom is -0.465 e. The van der Waals surface area contributed by atoms with Crippen molar-refractivity contribution in [3.8, 4) is 0 Å². The number of amidine groups is 1. The van der Waals surface area contributed by atoms with E-state index in [1.54, 1.807) is 20.8 Å². The molecule has 1 atom stereocenters. The number of nitrogens with zero attached hydrogens (tertiary/aromatic N) is 2. The summed E-state index contributed by atoms with van der Waals surface area (Å²) >= 11 is 0. The molecule has 1 aliphatic rings. The normalized spacial score (nSPS) is 19.1. The molecule has 0 saturated carbocycles. The third kappa shape index (κ3) is 5.67. The Morgan fingerprint density at radius 3 is 2.52 bits per heavy atom. The summed E-state index contributed by atoms with van der Waals surface area (Å²) in [6.45, 7) is 8.64. The van der Waals surface area contributed by atoms with Gasteiger partial charge < -0.3 is 15.3 Å². The number of halogens is 1. The Kier molecular flexibility index (Phi) is 8.53. The second kappa shape index (κ2) is 9.15. The number of carbonyl (C=O) groups is 3. The highest BCUT2D eigenvalue weighted by atomic mass is 35.5. The van der Waals surface area contributed by atoms with Gasteiger partial charge in [0.15, 0.2) is 0 Å². The molecule has 0 aromatic heterocycles. The molecular weight excluding hydrogens is 350 g/mol. The van der Waals surface area contributed by atoms with Crippen LogP contribution in [0.4, 0.5) is 0 Å². The van der Waals surface area contributed by atoms with Crippen molar-refractivity contribution in [2.24, 2.45) is 16.3 Å². The van der Waals surface area contributed by atoms with Gasteiger partial charge >= 0.3 is 11.9 Å². The van der Waals surface area contributed by atoms with E-state index in [-0.39, 0.29) is 24.9 Å². The molecule has 0 bridgehead atoms. The van der Waals surface area contributed by atoms with E-state index in [1.165, 1.54) is 18.7 Å². The Bertz CT molecular complexity index is 546. The average molecular weight is 378 g/mol. The molecule has 0 aliphatic carbocycles. The van der Waals surface area contributed by atoms with Gasteiger partial charge in [0.25, 0.3) is 0 Å². The quantitative estimate of drug-likeness (QED) is 0.312. The van der Waals surface area contributed by atoms with E-state index < -0.39 is 22.9 Å². The topological polar surface area (TPSA) is 111 Å². The molecule has 1 aliphatic heterocycles. The largest absolute Gasteiger partial charge is 0.465 e. The summed E-state index contributed by atoms with van der Waals surface area (Å²) < 4.78 is 4.94. The fourth-order valence-electron chi connectivity index (χ4n) is 2.27. The predicted octanol–water partition coefficient (Wildman–Crippen LogP) is 1.60. The Morgan fingerprint density at radius 1 is 1.36 bits per heavy atom. The zero-order chi connectivity index (χ0) is 18.5. The number of hydrogen-bond acceptors (Lipinski definition) is 7. The van der Waals surface area contributed by atoms with Crippen LogP contribution in [-0.2, 0) is 24.0 Å². The van der Waals surface area contributed by atoms with Gasteiger partial charge in [-0.15, -0.1) is 12.4 Å². The fourth-order valence-corrected chi connectivity index (χ4v) is 2.27. The minimum absolute atomic E-state index is 0. The van der Waals surface area contributed by atoms with Crippen LogP contribution in [-0.4, -0.2) is 47.3 Å². The molecule has 9 heteroatoms. The van der Waals surface area contributed by atoms with Crippen LogP contribution in [0.5, 0.6) is 0 Å². The fraction of sp³-hybridized carbons (Fsp3) is 0.750. The van der Waals surface area contributed by atoms with Gasteiger partial charge in [-0.1, -0.05) is 5.16 Å². The highest BCUT2D eigenvalue weighted by molar-refractivity contribution is 6.10. The van der Waals surface area contributed by atoms with Crippen LogP contribution in [0.15, 0.2) is 5.16 Å². The summed E-state index contributed by atoms with van der Waals surface area (Å²) in [4.78, 5) is 42.2. The van der Waals surface area contributed by atoms with Crippen LogP contribution >= 0.6 is 12.4 Å². The van der Waals surface area contributed by atoms with Gasteiger partial charge in [-0.25, -0.2) is 4.79 Å². The standard InChI is InChI=1S/C16H27N3O5.ClH/c1-6-23-14(22)16(5,17)9-7-8-10-19-11(2)18-24-13(21)15(3,4)12(19)20;/h6-10,17H2,1-5H3;1H. The van der Waals surface area contributed by atoms with Gasteiger partial charge in [-0.05, 0) is 53.9 Å². The Balaban J connectivity index is 0.00000576. The second-order valence-corrected chi connectivity index (χ2v) is 6.69. The number of carbonyl (C=O) groups excluding carboxylic acids is 3. The van der Waals surface area contributed by atoms with Crippen molar-refractivity contribution < 1.29 is 24.0 Å². The summed E-state index contributed by atoms with van der Waals surface area (Å²) in [6, 6.07) is 0. The second-order valence-electron chi connectivity index (χ2n) is 6.69. The molecule has 0 fully saturated rings. The zero-order valence-corrected chi connectivity index (χ0v) is 16.3. The molecule has 8 nitrogen and oxygen atoms in total. The summed E-state index contributed by atoms with van der Waals surface area (Å²) in [5, 5.41) is 3.69.